The van der Waals surface area contributed by atoms with Gasteiger partial charge in [-0.3, -0.25) is 4.79 Å². The maximum Gasteiger partial charge on any atom is 0.294 e. The summed E-state index contributed by atoms with van der Waals surface area (Å²) in [4.78, 5) is 15.6. The molecule has 0 fully saturated rings. The number of nitrogens with zero attached hydrogens (tertiary/aromatic N) is 2. The van der Waals surface area contributed by atoms with Gasteiger partial charge < -0.3 is 10.3 Å². The number of ketones is 1. The summed E-state index contributed by atoms with van der Waals surface area (Å²) in [6.45, 7) is 7.12. The number of nitrogens with two attached hydrogens (primary N) is 1. The Bertz CT molecular complexity index is 336. The van der Waals surface area contributed by atoms with Crippen molar-refractivity contribution in [1.29, 1.82) is 0 Å². The van der Waals surface area contributed by atoms with Crippen LogP contribution >= 0.6 is 0 Å². The Morgan fingerprint density at radius 1 is 1.50 bits per heavy atom. The molecular formula is C9H15N3O2. The van der Waals surface area contributed by atoms with E-state index in [4.69, 9.17) is 10.3 Å². The minimum absolute atomic E-state index is 0.0322. The summed E-state index contributed by atoms with van der Waals surface area (Å²) in [5.74, 6) is 0.222. The highest BCUT2D eigenvalue weighted by Crippen LogP contribution is 2.20. The van der Waals surface area contributed by atoms with Crippen LogP contribution in [-0.2, 0) is 0 Å². The largest absolute Gasteiger partial charge is 0.331 e. The van der Waals surface area contributed by atoms with E-state index in [1.54, 1.807) is 27.7 Å². The van der Waals surface area contributed by atoms with Crippen LogP contribution in [0.15, 0.2) is 4.52 Å². The molecule has 0 aliphatic rings. The van der Waals surface area contributed by atoms with Gasteiger partial charge in [-0.1, -0.05) is 25.9 Å². The fourth-order valence-electron chi connectivity index (χ4n) is 0.833. The molecular weight excluding hydrogens is 182 g/mol. The maximum absolute atomic E-state index is 11.7. The molecule has 1 unspecified atom stereocenters. The van der Waals surface area contributed by atoms with Gasteiger partial charge in [0.25, 0.3) is 5.89 Å². The van der Waals surface area contributed by atoms with E-state index in [1.807, 2.05) is 0 Å². The summed E-state index contributed by atoms with van der Waals surface area (Å²) in [5, 5.41) is 3.62. The molecule has 0 aromatic carbocycles. The molecule has 1 heterocycles. The predicted molar refractivity (Wildman–Crippen MR) is 50.7 cm³/mol. The molecule has 0 saturated carbocycles. The Balaban J connectivity index is 2.93. The summed E-state index contributed by atoms with van der Waals surface area (Å²) in [5.41, 5.74) is 5.03. The standard InChI is InChI=1S/C9H15N3O2/c1-5(10)7-11-8(14-12-7)6(13)9(2,3)4/h5H,10H2,1-4H3. The van der Waals surface area contributed by atoms with Gasteiger partial charge in [-0.2, -0.15) is 4.98 Å². The van der Waals surface area contributed by atoms with Gasteiger partial charge in [-0.05, 0) is 6.92 Å². The lowest BCUT2D eigenvalue weighted by Crippen LogP contribution is -2.20. The average Bonchev–Trinajstić information content (AvgIpc) is 2.48. The van der Waals surface area contributed by atoms with Crippen molar-refractivity contribution >= 4 is 5.78 Å². The molecule has 0 spiro atoms. The first-order chi connectivity index (χ1) is 6.32. The summed E-state index contributed by atoms with van der Waals surface area (Å²) in [6.07, 6.45) is 0. The van der Waals surface area contributed by atoms with Gasteiger partial charge in [0, 0.05) is 5.41 Å². The van der Waals surface area contributed by atoms with Crippen molar-refractivity contribution in [2.24, 2.45) is 11.1 Å². The quantitative estimate of drug-likeness (QED) is 0.723. The van der Waals surface area contributed by atoms with E-state index in [9.17, 15) is 4.79 Å². The molecule has 1 aromatic rings. The van der Waals surface area contributed by atoms with Crippen LogP contribution in [0.5, 0.6) is 0 Å². The first kappa shape index (κ1) is 10.8. The molecule has 2 N–H and O–H groups in total. The Morgan fingerprint density at radius 2 is 2.07 bits per heavy atom. The summed E-state index contributed by atoms with van der Waals surface area (Å²) < 4.78 is 4.82. The van der Waals surface area contributed by atoms with Crippen molar-refractivity contribution in [3.8, 4) is 0 Å². The molecule has 1 atom stereocenters. The molecule has 0 amide bonds. The third kappa shape index (κ3) is 2.17. The molecule has 0 radical (unpaired) electrons. The number of carbonyl (C=O) groups is 1. The SMILES string of the molecule is CC(N)c1noc(C(=O)C(C)(C)C)n1. The third-order valence-corrected chi connectivity index (χ3v) is 1.72. The minimum atomic E-state index is -0.512. The Labute approximate surface area is 82.7 Å². The third-order valence-electron chi connectivity index (χ3n) is 1.72. The molecule has 0 aliphatic carbocycles. The van der Waals surface area contributed by atoms with Gasteiger partial charge in [-0.25, -0.2) is 0 Å². The number of carbonyl (C=O) groups excluding carboxylic acids is 1. The lowest BCUT2D eigenvalue weighted by molar-refractivity contribution is 0.0811. The van der Waals surface area contributed by atoms with E-state index >= 15 is 0 Å². The Hall–Kier alpha value is -1.23. The van der Waals surface area contributed by atoms with Gasteiger partial charge in [0.15, 0.2) is 5.82 Å². The van der Waals surface area contributed by atoms with Gasteiger partial charge in [0.2, 0.25) is 5.78 Å². The normalized spacial score (nSPS) is 14.1. The van der Waals surface area contributed by atoms with Crippen LogP contribution < -0.4 is 5.73 Å². The van der Waals surface area contributed by atoms with E-state index in [0.717, 1.165) is 0 Å². The second kappa shape index (κ2) is 3.49. The monoisotopic (exact) mass is 197 g/mol. The minimum Gasteiger partial charge on any atom is -0.331 e. The van der Waals surface area contributed by atoms with Crippen LogP contribution in [-0.4, -0.2) is 15.9 Å². The number of hydrogen-bond acceptors (Lipinski definition) is 5. The first-order valence-corrected chi connectivity index (χ1v) is 4.46. The van der Waals surface area contributed by atoms with E-state index in [2.05, 4.69) is 10.1 Å². The van der Waals surface area contributed by atoms with Gasteiger partial charge in [-0.15, -0.1) is 0 Å². The van der Waals surface area contributed by atoms with Crippen LogP contribution in [0.3, 0.4) is 0 Å². The molecule has 5 heteroatoms. The van der Waals surface area contributed by atoms with Crippen molar-refractivity contribution < 1.29 is 9.32 Å². The molecule has 1 aromatic heterocycles. The summed E-state index contributed by atoms with van der Waals surface area (Å²) in [7, 11) is 0. The highest BCUT2D eigenvalue weighted by atomic mass is 16.5. The van der Waals surface area contributed by atoms with Crippen molar-refractivity contribution in [3.05, 3.63) is 11.7 Å². The van der Waals surface area contributed by atoms with Gasteiger partial charge in [0.1, 0.15) is 0 Å². The molecule has 0 saturated heterocycles. The van der Waals surface area contributed by atoms with E-state index in [-0.39, 0.29) is 17.7 Å². The number of Topliss-reactive ketones (excluding diaryl/α,β-unsaturated/α-hetero) is 1. The van der Waals surface area contributed by atoms with Crippen molar-refractivity contribution in [2.75, 3.05) is 0 Å². The smallest absolute Gasteiger partial charge is 0.294 e. The van der Waals surface area contributed by atoms with E-state index < -0.39 is 5.41 Å². The molecule has 5 nitrogen and oxygen atoms in total. The molecule has 78 valence electrons. The summed E-state index contributed by atoms with van der Waals surface area (Å²) in [6, 6.07) is -0.319. The second-order valence-corrected chi connectivity index (χ2v) is 4.33. The fourth-order valence-corrected chi connectivity index (χ4v) is 0.833. The molecule has 1 rings (SSSR count). The Morgan fingerprint density at radius 3 is 2.43 bits per heavy atom. The van der Waals surface area contributed by atoms with Gasteiger partial charge >= 0.3 is 0 Å². The number of hydrogen-bond donors (Lipinski definition) is 1. The Kier molecular flexibility index (Phi) is 2.71. The molecule has 0 aliphatic heterocycles. The highest BCUT2D eigenvalue weighted by molar-refractivity contribution is 5.95. The van der Waals surface area contributed by atoms with Crippen LogP contribution in [0.25, 0.3) is 0 Å². The van der Waals surface area contributed by atoms with Crippen molar-refractivity contribution in [1.82, 2.24) is 10.1 Å². The number of aromatic nitrogens is 2. The van der Waals surface area contributed by atoms with Crippen molar-refractivity contribution in [2.45, 2.75) is 33.7 Å². The molecule has 14 heavy (non-hydrogen) atoms. The zero-order chi connectivity index (χ0) is 10.9. The van der Waals surface area contributed by atoms with Crippen LogP contribution in [0.2, 0.25) is 0 Å². The lowest BCUT2D eigenvalue weighted by atomic mass is 9.91. The fraction of sp³-hybridized carbons (Fsp3) is 0.667. The topological polar surface area (TPSA) is 82.0 Å². The van der Waals surface area contributed by atoms with E-state index in [1.165, 1.54) is 0 Å². The lowest BCUT2D eigenvalue weighted by Gasteiger charge is -2.12. The summed E-state index contributed by atoms with van der Waals surface area (Å²) >= 11 is 0. The highest BCUT2D eigenvalue weighted by Gasteiger charge is 2.28. The molecule has 0 bridgehead atoms. The first-order valence-electron chi connectivity index (χ1n) is 4.46. The zero-order valence-corrected chi connectivity index (χ0v) is 8.87. The zero-order valence-electron chi connectivity index (χ0n) is 8.87. The second-order valence-electron chi connectivity index (χ2n) is 4.33. The van der Waals surface area contributed by atoms with Gasteiger partial charge in [0.05, 0.1) is 6.04 Å². The van der Waals surface area contributed by atoms with Crippen LogP contribution in [0.4, 0.5) is 0 Å². The number of rotatable bonds is 2. The van der Waals surface area contributed by atoms with Crippen LogP contribution in [0, 0.1) is 5.41 Å². The van der Waals surface area contributed by atoms with Crippen molar-refractivity contribution in [3.63, 3.8) is 0 Å². The average molecular weight is 197 g/mol. The van der Waals surface area contributed by atoms with E-state index in [0.29, 0.717) is 5.82 Å². The predicted octanol–water partition coefficient (Wildman–Crippen LogP) is 1.32. The van der Waals surface area contributed by atoms with Crippen LogP contribution in [0.1, 0.15) is 50.2 Å². The maximum atomic E-state index is 11.7.